The number of carbonyl (C=O) groups is 1. The van der Waals surface area contributed by atoms with Crippen molar-refractivity contribution >= 4 is 16.9 Å². The summed E-state index contributed by atoms with van der Waals surface area (Å²) in [4.78, 5) is 20.3. The van der Waals surface area contributed by atoms with Gasteiger partial charge in [-0.15, -0.1) is 0 Å². The highest BCUT2D eigenvalue weighted by molar-refractivity contribution is 5.93. The second-order valence-electron chi connectivity index (χ2n) is 3.98. The predicted octanol–water partition coefficient (Wildman–Crippen LogP) is 0.881. The number of rotatable bonds is 4. The van der Waals surface area contributed by atoms with E-state index in [1.807, 2.05) is 18.2 Å². The summed E-state index contributed by atoms with van der Waals surface area (Å²) in [5.74, 6) is -0.241. The maximum Gasteiger partial charge on any atom is 0.271 e. The molecule has 2 rings (SSSR count). The van der Waals surface area contributed by atoms with E-state index >= 15 is 0 Å². The minimum absolute atomic E-state index is 0.241. The van der Waals surface area contributed by atoms with Crippen molar-refractivity contribution in [3.8, 4) is 0 Å². The summed E-state index contributed by atoms with van der Waals surface area (Å²) in [6.07, 6.45) is 2.45. The predicted molar refractivity (Wildman–Crippen MR) is 70.3 cm³/mol. The van der Waals surface area contributed by atoms with Crippen LogP contribution in [-0.2, 0) is 6.42 Å². The van der Waals surface area contributed by atoms with Crippen molar-refractivity contribution in [1.29, 1.82) is 0 Å². The second-order valence-corrected chi connectivity index (χ2v) is 3.98. The van der Waals surface area contributed by atoms with E-state index in [0.717, 1.165) is 17.5 Å². The minimum atomic E-state index is -0.241. The number of hydrogen-bond donors (Lipinski definition) is 2. The van der Waals surface area contributed by atoms with Gasteiger partial charge in [0.05, 0.1) is 17.2 Å². The van der Waals surface area contributed by atoms with Crippen LogP contribution in [-0.4, -0.2) is 29.0 Å². The molecule has 3 N–H and O–H groups in total. The average molecular weight is 244 g/mol. The zero-order chi connectivity index (χ0) is 13.0. The molecular formula is C13H16N4O. The molecular weight excluding hydrogens is 228 g/mol. The molecule has 0 aliphatic heterocycles. The van der Waals surface area contributed by atoms with Crippen molar-refractivity contribution in [2.24, 2.45) is 5.73 Å². The van der Waals surface area contributed by atoms with Gasteiger partial charge in [-0.1, -0.05) is 13.0 Å². The van der Waals surface area contributed by atoms with E-state index in [-0.39, 0.29) is 5.91 Å². The van der Waals surface area contributed by atoms with Crippen molar-refractivity contribution in [1.82, 2.24) is 15.3 Å². The fourth-order valence-electron chi connectivity index (χ4n) is 1.66. The second kappa shape index (κ2) is 5.55. The van der Waals surface area contributed by atoms with Gasteiger partial charge in [-0.2, -0.15) is 0 Å². The lowest BCUT2D eigenvalue weighted by Gasteiger charge is -2.04. The number of nitrogens with two attached hydrogens (primary N) is 1. The van der Waals surface area contributed by atoms with Gasteiger partial charge in [0.2, 0.25) is 0 Å². The third-order valence-electron chi connectivity index (χ3n) is 2.68. The lowest BCUT2D eigenvalue weighted by Crippen LogP contribution is -2.29. The molecule has 2 aromatic rings. The first-order chi connectivity index (χ1) is 8.74. The summed E-state index contributed by atoms with van der Waals surface area (Å²) in [6, 6.07) is 5.88. The van der Waals surface area contributed by atoms with Gasteiger partial charge in [0.25, 0.3) is 5.91 Å². The largest absolute Gasteiger partial charge is 0.349 e. The number of nitrogens with zero attached hydrogens (tertiary/aromatic N) is 2. The van der Waals surface area contributed by atoms with Gasteiger partial charge in [0.15, 0.2) is 0 Å². The normalized spacial score (nSPS) is 10.6. The molecule has 1 aromatic carbocycles. The van der Waals surface area contributed by atoms with Crippen LogP contribution in [0.5, 0.6) is 0 Å². The molecule has 5 nitrogen and oxygen atoms in total. The van der Waals surface area contributed by atoms with Gasteiger partial charge < -0.3 is 11.1 Å². The number of carbonyl (C=O) groups excluding carboxylic acids is 1. The van der Waals surface area contributed by atoms with Gasteiger partial charge in [0, 0.05) is 13.1 Å². The molecule has 1 aromatic heterocycles. The van der Waals surface area contributed by atoms with Crippen LogP contribution in [0.25, 0.3) is 11.0 Å². The minimum Gasteiger partial charge on any atom is -0.349 e. The topological polar surface area (TPSA) is 80.9 Å². The molecule has 5 heteroatoms. The fourth-order valence-corrected chi connectivity index (χ4v) is 1.66. The SMILES string of the molecule is CCc1ccc2nc(C(=O)NCCN)cnc2c1. The van der Waals surface area contributed by atoms with Crippen LogP contribution in [0.1, 0.15) is 23.0 Å². The summed E-state index contributed by atoms with van der Waals surface area (Å²) in [7, 11) is 0. The Labute approximate surface area is 105 Å². The number of fused-ring (bicyclic) bond motifs is 1. The lowest BCUT2D eigenvalue weighted by atomic mass is 10.1. The Balaban J connectivity index is 2.30. The Kier molecular flexibility index (Phi) is 3.84. The molecule has 1 amide bonds. The first-order valence-corrected chi connectivity index (χ1v) is 5.98. The Morgan fingerprint density at radius 2 is 2.22 bits per heavy atom. The Bertz CT molecular complexity index is 568. The molecule has 0 atom stereocenters. The smallest absolute Gasteiger partial charge is 0.271 e. The van der Waals surface area contributed by atoms with E-state index in [4.69, 9.17) is 5.73 Å². The quantitative estimate of drug-likeness (QED) is 0.836. The summed E-state index contributed by atoms with van der Waals surface area (Å²) < 4.78 is 0. The van der Waals surface area contributed by atoms with E-state index < -0.39 is 0 Å². The Morgan fingerprint density at radius 1 is 1.39 bits per heavy atom. The number of aromatic nitrogens is 2. The molecule has 1 heterocycles. The highest BCUT2D eigenvalue weighted by Crippen LogP contribution is 2.12. The van der Waals surface area contributed by atoms with Gasteiger partial charge in [-0.3, -0.25) is 9.78 Å². The molecule has 0 bridgehead atoms. The van der Waals surface area contributed by atoms with Gasteiger partial charge >= 0.3 is 0 Å². The maximum absolute atomic E-state index is 11.7. The van der Waals surface area contributed by atoms with Gasteiger partial charge in [-0.25, -0.2) is 4.98 Å². The summed E-state index contributed by atoms with van der Waals surface area (Å²) >= 11 is 0. The number of nitrogens with one attached hydrogen (secondary N) is 1. The molecule has 0 spiro atoms. The molecule has 0 fully saturated rings. The van der Waals surface area contributed by atoms with Crippen LogP contribution in [0, 0.1) is 0 Å². The first-order valence-electron chi connectivity index (χ1n) is 5.98. The fraction of sp³-hybridized carbons (Fsp3) is 0.308. The van der Waals surface area contributed by atoms with E-state index in [1.54, 1.807) is 0 Å². The van der Waals surface area contributed by atoms with Crippen LogP contribution in [0.3, 0.4) is 0 Å². The third kappa shape index (κ3) is 2.62. The summed E-state index contributed by atoms with van der Waals surface area (Å²) in [5.41, 5.74) is 8.39. The number of benzene rings is 1. The van der Waals surface area contributed by atoms with Crippen molar-refractivity contribution < 1.29 is 4.79 Å². The molecule has 0 saturated heterocycles. The van der Waals surface area contributed by atoms with Crippen molar-refractivity contribution in [3.63, 3.8) is 0 Å². The Morgan fingerprint density at radius 3 is 2.94 bits per heavy atom. The van der Waals surface area contributed by atoms with E-state index in [2.05, 4.69) is 22.2 Å². The van der Waals surface area contributed by atoms with Crippen molar-refractivity contribution in [2.75, 3.05) is 13.1 Å². The molecule has 0 aliphatic rings. The molecule has 18 heavy (non-hydrogen) atoms. The molecule has 0 saturated carbocycles. The van der Waals surface area contributed by atoms with Crippen molar-refractivity contribution in [2.45, 2.75) is 13.3 Å². The standard InChI is InChI=1S/C13H16N4O/c1-2-9-3-4-10-11(7-9)16-8-12(17-10)13(18)15-6-5-14/h3-4,7-8H,2,5-6,14H2,1H3,(H,15,18). The van der Waals surface area contributed by atoms with Crippen LogP contribution >= 0.6 is 0 Å². The number of aryl methyl sites for hydroxylation is 1. The number of amides is 1. The van der Waals surface area contributed by atoms with Crippen LogP contribution in [0.2, 0.25) is 0 Å². The van der Waals surface area contributed by atoms with Gasteiger partial charge in [-0.05, 0) is 24.1 Å². The van der Waals surface area contributed by atoms with Gasteiger partial charge in [0.1, 0.15) is 5.69 Å². The number of hydrogen-bond acceptors (Lipinski definition) is 4. The molecule has 0 radical (unpaired) electrons. The molecule has 0 aliphatic carbocycles. The first kappa shape index (κ1) is 12.4. The van der Waals surface area contributed by atoms with Crippen LogP contribution in [0.4, 0.5) is 0 Å². The lowest BCUT2D eigenvalue weighted by molar-refractivity contribution is 0.0950. The van der Waals surface area contributed by atoms with Crippen LogP contribution < -0.4 is 11.1 Å². The average Bonchev–Trinajstić information content (AvgIpc) is 2.43. The monoisotopic (exact) mass is 244 g/mol. The Hall–Kier alpha value is -2.01. The zero-order valence-electron chi connectivity index (χ0n) is 10.3. The molecule has 0 unspecified atom stereocenters. The van der Waals surface area contributed by atoms with E-state index in [1.165, 1.54) is 11.8 Å². The summed E-state index contributed by atoms with van der Waals surface area (Å²) in [6.45, 7) is 2.93. The highest BCUT2D eigenvalue weighted by atomic mass is 16.1. The van der Waals surface area contributed by atoms with Crippen LogP contribution in [0.15, 0.2) is 24.4 Å². The maximum atomic E-state index is 11.7. The van der Waals surface area contributed by atoms with E-state index in [9.17, 15) is 4.79 Å². The highest BCUT2D eigenvalue weighted by Gasteiger charge is 2.08. The van der Waals surface area contributed by atoms with Crippen molar-refractivity contribution in [3.05, 3.63) is 35.7 Å². The van der Waals surface area contributed by atoms with E-state index in [0.29, 0.717) is 18.8 Å². The molecule has 94 valence electrons. The third-order valence-corrected chi connectivity index (χ3v) is 2.68. The zero-order valence-corrected chi connectivity index (χ0v) is 10.3. The summed E-state index contributed by atoms with van der Waals surface area (Å²) in [5, 5.41) is 2.67.